The van der Waals surface area contributed by atoms with Crippen LogP contribution in [0.15, 0.2) is 237 Å². The molecule has 0 aliphatic carbocycles. The quantitative estimate of drug-likeness (QED) is 0.142. The lowest BCUT2D eigenvalue weighted by Crippen LogP contribution is -2.32. The monoisotopic (exact) mass is 1380 g/mol. The number of pyridine rings is 5. The first kappa shape index (κ1) is 60.8. The number of aryl methyl sites for hydroxylation is 16. The lowest BCUT2D eigenvalue weighted by atomic mass is 9.95. The van der Waals surface area contributed by atoms with Gasteiger partial charge >= 0.3 is 0 Å². The number of benzene rings is 10. The van der Waals surface area contributed by atoms with Crippen molar-refractivity contribution in [2.45, 2.75) is 124 Å². The summed E-state index contributed by atoms with van der Waals surface area (Å²) in [7, 11) is 10.2. The molecule has 15 rings (SSSR count). The third-order valence-corrected chi connectivity index (χ3v) is 20.5. The van der Waals surface area contributed by atoms with Crippen LogP contribution < -0.4 is 22.8 Å². The second-order valence-electron chi connectivity index (χ2n) is 28.6. The lowest BCUT2D eigenvalue weighted by molar-refractivity contribution is -0.659. The number of para-hydroxylation sites is 1. The molecule has 0 radical (unpaired) electrons. The van der Waals surface area contributed by atoms with Gasteiger partial charge in [-0.2, -0.15) is 13.7 Å². The molecule has 0 aliphatic rings. The highest BCUT2D eigenvalue weighted by molar-refractivity contribution is 5.95. The Kier molecular flexibility index (Phi) is 18.6. The van der Waals surface area contributed by atoms with E-state index >= 15 is 0 Å². The van der Waals surface area contributed by atoms with Gasteiger partial charge in [-0.15, -0.1) is 0 Å². The molecule has 0 fully saturated rings. The first-order chi connectivity index (χ1) is 54.1. The molecule has 0 unspecified atom stereocenters. The van der Waals surface area contributed by atoms with Crippen LogP contribution in [0.5, 0.6) is 0 Å². The maximum Gasteiger partial charge on any atom is 0.220 e. The van der Waals surface area contributed by atoms with Crippen LogP contribution in [-0.2, 0) is 41.6 Å². The van der Waals surface area contributed by atoms with Gasteiger partial charge in [-0.25, -0.2) is 9.13 Å². The second-order valence-corrected chi connectivity index (χ2v) is 28.6. The van der Waals surface area contributed by atoms with Crippen LogP contribution in [0.25, 0.3) is 111 Å². The van der Waals surface area contributed by atoms with Crippen molar-refractivity contribution in [1.82, 2.24) is 0 Å². The van der Waals surface area contributed by atoms with Gasteiger partial charge in [0.15, 0.2) is 12.4 Å². The lowest BCUT2D eigenvalue weighted by Gasteiger charge is -2.12. The summed E-state index contributed by atoms with van der Waals surface area (Å²) in [6.07, 6.45) is 2.83. The highest BCUT2D eigenvalue weighted by Gasteiger charge is 2.24. The zero-order valence-corrected chi connectivity index (χ0v) is 64.3. The van der Waals surface area contributed by atoms with Gasteiger partial charge in [-0.3, -0.25) is 0 Å². The SMILES string of the molecule is Cc1cc(C)c(C)c(-c2c3ccccc3cc[n+]2C)c1.Cc1ccccc1-c1c2ccccc2cc[n+]1C.[2H]C([2H])([2H])c1cc(C)cc(-c2cc(C)c3c(C)cccc3[n+]2C)c1C.[2H]C([2H])([2H])c1cc(C)cc(-c2ccc3c(C([2H])([2H])C(C)C)cccc3[n+]2C)c1C.[2H]C([2H])([2H])c1cc(C)cc(-c2ccc3ccccc3[n+]2C)c1C. The van der Waals surface area contributed by atoms with Crippen LogP contribution >= 0.6 is 0 Å². The summed E-state index contributed by atoms with van der Waals surface area (Å²) >= 11 is 0. The van der Waals surface area contributed by atoms with Gasteiger partial charge < -0.3 is 0 Å². The molecule has 0 amide bonds. The van der Waals surface area contributed by atoms with Gasteiger partial charge in [-0.1, -0.05) is 151 Å². The zero-order chi connectivity index (χ0) is 83.8. The third kappa shape index (κ3) is 15.7. The summed E-state index contributed by atoms with van der Waals surface area (Å²) in [5, 5.41) is 8.49. The minimum absolute atomic E-state index is 0.154. The second kappa shape index (κ2) is 31.9. The summed E-state index contributed by atoms with van der Waals surface area (Å²) in [5.41, 5.74) is 29.2. The van der Waals surface area contributed by atoms with Crippen LogP contribution in [0.2, 0.25) is 0 Å². The van der Waals surface area contributed by atoms with E-state index in [1.807, 2.05) is 130 Å². The van der Waals surface area contributed by atoms with Crippen LogP contribution in [-0.4, -0.2) is 0 Å². The molecular formula is C99H108N5+5. The Morgan fingerprint density at radius 1 is 0.308 bits per heavy atom. The number of hydrogen-bond donors (Lipinski definition) is 0. The third-order valence-electron chi connectivity index (χ3n) is 20.5. The molecule has 5 heteroatoms. The van der Waals surface area contributed by atoms with Gasteiger partial charge in [0.25, 0.3) is 0 Å². The number of fused-ring (bicyclic) bond motifs is 5. The summed E-state index contributed by atoms with van der Waals surface area (Å²) in [6, 6.07) is 76.5. The fourth-order valence-corrected chi connectivity index (χ4v) is 14.8. The van der Waals surface area contributed by atoms with Crippen molar-refractivity contribution in [3.8, 4) is 56.3 Å². The molecule has 0 spiro atoms. The van der Waals surface area contributed by atoms with E-state index in [1.165, 1.54) is 88.2 Å². The standard InChI is InChI=1S/C23H28N.C21H24N.2C19H20N.C17H16N/c1-15(2)12-19-8-7-9-22-20(19)10-11-23(24(22)6)21-14-16(3)13-17(4)18(21)5;1-13-10-15(3)17(5)18(11-13)20-12-16(4)21-14(2)8-7-9-19(21)22(20)6;1-13-11-14(2)15(3)17(12-13)19-10-9-16-7-5-6-8-18(16)20(19)4;1-13-11-14(2)15(3)18(12-13)19-17-8-6-5-7-16(17)9-10-20(19)4;1-13-7-3-5-9-15(13)17-16-10-6-4-8-14(16)11-12-18(17)2/h7-11,13-15H,12H2,1-6H3;7-12H,1-6H3;2*5-12H,1-4H3;3-12H,1-2H3/q5*+1/i4D3,12D2;3D3;2D3;;. The Morgan fingerprint density at radius 3 is 1.27 bits per heavy atom. The Morgan fingerprint density at radius 2 is 0.721 bits per heavy atom. The van der Waals surface area contributed by atoms with Gasteiger partial charge in [0.1, 0.15) is 35.2 Å². The van der Waals surface area contributed by atoms with Crippen LogP contribution in [0, 0.1) is 110 Å². The fourth-order valence-electron chi connectivity index (χ4n) is 14.8. The molecule has 5 aromatic heterocycles. The molecule has 0 N–H and O–H groups in total. The Balaban J connectivity index is 0.000000143. The van der Waals surface area contributed by atoms with Crippen LogP contribution in [0.4, 0.5) is 0 Å². The van der Waals surface area contributed by atoms with Crippen molar-refractivity contribution >= 4 is 54.3 Å². The van der Waals surface area contributed by atoms with Crippen molar-refractivity contribution in [3.63, 3.8) is 0 Å². The summed E-state index contributed by atoms with van der Waals surface area (Å²) in [6.45, 7) is 21.9. The molecule has 5 heterocycles. The molecule has 0 saturated heterocycles. The maximum atomic E-state index is 8.55. The normalized spacial score (nSPS) is 13.2. The van der Waals surface area contributed by atoms with E-state index in [-0.39, 0.29) is 5.92 Å². The van der Waals surface area contributed by atoms with E-state index in [0.29, 0.717) is 22.3 Å². The van der Waals surface area contributed by atoms with E-state index in [9.17, 15) is 0 Å². The Hall–Kier alpha value is -10.8. The van der Waals surface area contributed by atoms with Gasteiger partial charge in [0.05, 0.1) is 21.7 Å². The summed E-state index contributed by atoms with van der Waals surface area (Å²) in [4.78, 5) is 0. The summed E-state index contributed by atoms with van der Waals surface area (Å²) in [5.74, 6) is -0.154. The molecule has 15 aromatic rings. The average molecular weight is 1380 g/mol. The zero-order valence-electron chi connectivity index (χ0n) is 75.3. The van der Waals surface area contributed by atoms with Crippen molar-refractivity contribution < 1.29 is 37.9 Å². The largest absolute Gasteiger partial charge is 0.220 e. The first-order valence-electron chi connectivity index (χ1n) is 41.5. The molecular weight excluding hydrogens is 1260 g/mol. The van der Waals surface area contributed by atoms with Crippen LogP contribution in [0.3, 0.4) is 0 Å². The van der Waals surface area contributed by atoms with Gasteiger partial charge in [-0.05, 0) is 254 Å². The average Bonchev–Trinajstić information content (AvgIpc) is 0.762. The number of aromatic nitrogens is 5. The van der Waals surface area contributed by atoms with E-state index in [1.54, 1.807) is 18.2 Å². The van der Waals surface area contributed by atoms with Crippen molar-refractivity contribution in [3.05, 3.63) is 326 Å². The van der Waals surface area contributed by atoms with E-state index in [2.05, 4.69) is 244 Å². The molecule has 0 aliphatic heterocycles. The van der Waals surface area contributed by atoms with E-state index in [0.717, 1.165) is 89.1 Å². The maximum absolute atomic E-state index is 8.55. The highest BCUT2D eigenvalue weighted by Crippen LogP contribution is 2.34. The van der Waals surface area contributed by atoms with Crippen molar-refractivity contribution in [2.75, 3.05) is 0 Å². The van der Waals surface area contributed by atoms with Crippen molar-refractivity contribution in [1.29, 1.82) is 0 Å². The van der Waals surface area contributed by atoms with Crippen molar-refractivity contribution in [2.24, 2.45) is 41.2 Å². The minimum Gasteiger partial charge on any atom is -0.200 e. The minimum atomic E-state index is -2.17. The molecule has 104 heavy (non-hydrogen) atoms. The van der Waals surface area contributed by atoms with Crippen LogP contribution in [0.1, 0.15) is 118 Å². The molecule has 10 aromatic carbocycles. The molecule has 524 valence electrons. The number of nitrogens with zero attached hydrogens (tertiary/aromatic N) is 5. The van der Waals surface area contributed by atoms with Gasteiger partial charge in [0.2, 0.25) is 45.0 Å². The highest BCUT2D eigenvalue weighted by atomic mass is 15.0. The molecule has 0 atom stereocenters. The van der Waals surface area contributed by atoms with Gasteiger partial charge in [0, 0.05) is 96.6 Å². The first-order valence-corrected chi connectivity index (χ1v) is 36.0. The Bertz CT molecular complexity index is 6220. The Labute approximate surface area is 636 Å². The predicted molar refractivity (Wildman–Crippen MR) is 442 cm³/mol. The number of hydrogen-bond acceptors (Lipinski definition) is 0. The topological polar surface area (TPSA) is 19.4 Å². The summed E-state index contributed by atoms with van der Waals surface area (Å²) < 4.78 is 98.4. The smallest absolute Gasteiger partial charge is 0.200 e. The fraction of sp³-hybridized carbons (Fsp3) is 0.242. The van der Waals surface area contributed by atoms with E-state index < -0.39 is 26.9 Å². The number of rotatable bonds is 7. The predicted octanol–water partition coefficient (Wildman–Crippen LogP) is 22.5. The molecule has 0 saturated carbocycles. The van der Waals surface area contributed by atoms with E-state index in [4.69, 9.17) is 15.1 Å². The molecule has 0 bridgehead atoms. The molecule has 5 nitrogen and oxygen atoms in total.